The van der Waals surface area contributed by atoms with Gasteiger partial charge in [-0.05, 0) is 39.2 Å². The molecule has 1 saturated heterocycles. The van der Waals surface area contributed by atoms with Crippen LogP contribution in [0.3, 0.4) is 0 Å². The van der Waals surface area contributed by atoms with Crippen LogP contribution in [0.1, 0.15) is 43.5 Å². The molecular weight excluding hydrogens is 304 g/mol. The highest BCUT2D eigenvalue weighted by Gasteiger charge is 2.22. The molecule has 1 aromatic carbocycles. The maximum absolute atomic E-state index is 12.8. The molecule has 24 heavy (non-hydrogen) atoms. The first-order chi connectivity index (χ1) is 11.6. The molecule has 0 bridgehead atoms. The molecule has 0 atom stereocenters. The average Bonchev–Trinajstić information content (AvgIpc) is 2.60. The minimum absolute atomic E-state index is 0.0258. The van der Waals surface area contributed by atoms with Crippen molar-refractivity contribution in [3.63, 3.8) is 0 Å². The highest BCUT2D eigenvalue weighted by molar-refractivity contribution is 6.01. The molecule has 3 rings (SSSR count). The van der Waals surface area contributed by atoms with Gasteiger partial charge in [0, 0.05) is 36.8 Å². The third-order valence-corrected chi connectivity index (χ3v) is 4.19. The van der Waals surface area contributed by atoms with E-state index in [1.54, 1.807) is 13.3 Å². The van der Waals surface area contributed by atoms with Crippen LogP contribution in [0.2, 0.25) is 0 Å². The number of carbonyl (C=O) groups is 1. The monoisotopic (exact) mass is 328 g/mol. The summed E-state index contributed by atoms with van der Waals surface area (Å²) in [6, 6.07) is 3.91. The predicted molar refractivity (Wildman–Crippen MR) is 94.6 cm³/mol. The summed E-state index contributed by atoms with van der Waals surface area (Å²) in [6.07, 6.45) is 5.07. The number of nitrogens with zero attached hydrogens (tertiary/aromatic N) is 3. The van der Waals surface area contributed by atoms with E-state index in [4.69, 9.17) is 4.74 Å². The molecule has 0 spiro atoms. The van der Waals surface area contributed by atoms with Gasteiger partial charge < -0.3 is 15.0 Å². The largest absolute Gasteiger partial charge is 0.496 e. The molecule has 0 saturated carbocycles. The van der Waals surface area contributed by atoms with Crippen LogP contribution in [0.25, 0.3) is 10.9 Å². The van der Waals surface area contributed by atoms with E-state index in [1.165, 1.54) is 6.42 Å². The molecule has 1 fully saturated rings. The zero-order chi connectivity index (χ0) is 17.1. The van der Waals surface area contributed by atoms with E-state index in [2.05, 4.69) is 15.3 Å². The summed E-state index contributed by atoms with van der Waals surface area (Å²) in [5, 5.41) is 4.02. The summed E-state index contributed by atoms with van der Waals surface area (Å²) in [5.74, 6) is 1.17. The van der Waals surface area contributed by atoms with E-state index in [-0.39, 0.29) is 11.9 Å². The van der Waals surface area contributed by atoms with Crippen molar-refractivity contribution in [3.8, 4) is 5.75 Å². The molecule has 1 aliphatic heterocycles. The number of carbonyl (C=O) groups excluding carboxylic acids is 1. The summed E-state index contributed by atoms with van der Waals surface area (Å²) in [7, 11) is 1.59. The van der Waals surface area contributed by atoms with Crippen molar-refractivity contribution in [1.82, 2.24) is 14.9 Å². The summed E-state index contributed by atoms with van der Waals surface area (Å²) in [6.45, 7) is 5.70. The number of rotatable bonds is 4. The Morgan fingerprint density at radius 1 is 1.25 bits per heavy atom. The van der Waals surface area contributed by atoms with Crippen molar-refractivity contribution in [2.24, 2.45) is 0 Å². The molecule has 128 valence electrons. The molecule has 1 aromatic heterocycles. The van der Waals surface area contributed by atoms with Gasteiger partial charge in [0.1, 0.15) is 5.75 Å². The van der Waals surface area contributed by atoms with Crippen LogP contribution < -0.4 is 10.1 Å². The highest BCUT2D eigenvalue weighted by atomic mass is 16.5. The van der Waals surface area contributed by atoms with Crippen molar-refractivity contribution in [3.05, 3.63) is 23.9 Å². The Morgan fingerprint density at radius 3 is 2.67 bits per heavy atom. The van der Waals surface area contributed by atoms with Gasteiger partial charge in [0.05, 0.1) is 18.2 Å². The Labute approximate surface area is 142 Å². The number of benzene rings is 1. The Morgan fingerprint density at radius 2 is 2.00 bits per heavy atom. The molecule has 2 heterocycles. The quantitative estimate of drug-likeness (QED) is 0.934. The van der Waals surface area contributed by atoms with Crippen LogP contribution in [0.15, 0.2) is 18.3 Å². The lowest BCUT2D eigenvalue weighted by Crippen LogP contribution is -2.35. The van der Waals surface area contributed by atoms with Gasteiger partial charge >= 0.3 is 0 Å². The summed E-state index contributed by atoms with van der Waals surface area (Å²) >= 11 is 0. The number of likely N-dealkylation sites (tertiary alicyclic amines) is 1. The molecule has 2 aromatic rings. The van der Waals surface area contributed by atoms with Gasteiger partial charge in [0.25, 0.3) is 5.91 Å². The lowest BCUT2D eigenvalue weighted by atomic mass is 10.1. The Hall–Kier alpha value is -2.37. The van der Waals surface area contributed by atoms with Gasteiger partial charge in [0.2, 0.25) is 5.95 Å². The average molecular weight is 328 g/mol. The number of methoxy groups -OCH3 is 1. The van der Waals surface area contributed by atoms with Crippen molar-refractivity contribution in [2.75, 3.05) is 25.5 Å². The number of hydrogen-bond acceptors (Lipinski definition) is 5. The molecule has 6 nitrogen and oxygen atoms in total. The number of ether oxygens (including phenoxy) is 1. The second-order valence-electron chi connectivity index (χ2n) is 6.46. The van der Waals surface area contributed by atoms with Crippen LogP contribution >= 0.6 is 0 Å². The number of piperidine rings is 1. The van der Waals surface area contributed by atoms with Crippen molar-refractivity contribution in [2.45, 2.75) is 39.2 Å². The van der Waals surface area contributed by atoms with Gasteiger partial charge in [-0.3, -0.25) is 4.79 Å². The first-order valence-electron chi connectivity index (χ1n) is 8.49. The van der Waals surface area contributed by atoms with Gasteiger partial charge in [0.15, 0.2) is 0 Å². The highest BCUT2D eigenvalue weighted by Crippen LogP contribution is 2.27. The van der Waals surface area contributed by atoms with E-state index in [9.17, 15) is 4.79 Å². The molecule has 1 amide bonds. The standard InChI is InChI=1S/C18H24N4O2/c1-12(2)20-18-19-11-13-9-14(16(24-3)10-15(13)21-18)17(23)22-7-5-4-6-8-22/h9-12H,4-8H2,1-3H3,(H,19,20,21). The van der Waals surface area contributed by atoms with Crippen molar-refractivity contribution >= 4 is 22.8 Å². The fourth-order valence-electron chi connectivity index (χ4n) is 2.99. The number of anilines is 1. The second-order valence-corrected chi connectivity index (χ2v) is 6.46. The number of fused-ring (bicyclic) bond motifs is 1. The zero-order valence-corrected chi connectivity index (χ0v) is 14.5. The van der Waals surface area contributed by atoms with E-state index in [1.807, 2.05) is 30.9 Å². The number of nitrogens with one attached hydrogen (secondary N) is 1. The van der Waals surface area contributed by atoms with Gasteiger partial charge in [-0.2, -0.15) is 0 Å². The maximum Gasteiger partial charge on any atom is 0.257 e. The van der Waals surface area contributed by atoms with Crippen LogP contribution in [-0.2, 0) is 0 Å². The van der Waals surface area contributed by atoms with Gasteiger partial charge in [-0.1, -0.05) is 0 Å². The van der Waals surface area contributed by atoms with Crippen LogP contribution in [-0.4, -0.2) is 47.0 Å². The first-order valence-corrected chi connectivity index (χ1v) is 8.49. The zero-order valence-electron chi connectivity index (χ0n) is 14.5. The van der Waals surface area contributed by atoms with Crippen LogP contribution in [0.4, 0.5) is 5.95 Å². The third-order valence-electron chi connectivity index (χ3n) is 4.19. The van der Waals surface area contributed by atoms with Crippen LogP contribution in [0, 0.1) is 0 Å². The fourth-order valence-corrected chi connectivity index (χ4v) is 2.99. The second kappa shape index (κ2) is 7.03. The molecule has 0 radical (unpaired) electrons. The predicted octanol–water partition coefficient (Wildman–Crippen LogP) is 3.08. The van der Waals surface area contributed by atoms with Crippen molar-refractivity contribution in [1.29, 1.82) is 0 Å². The van der Waals surface area contributed by atoms with Crippen molar-refractivity contribution < 1.29 is 9.53 Å². The van der Waals surface area contributed by atoms with Crippen LogP contribution in [0.5, 0.6) is 5.75 Å². The minimum Gasteiger partial charge on any atom is -0.496 e. The molecular formula is C18H24N4O2. The Balaban J connectivity index is 1.97. The minimum atomic E-state index is 0.0258. The molecule has 1 N–H and O–H groups in total. The van der Waals surface area contributed by atoms with Gasteiger partial charge in [-0.15, -0.1) is 0 Å². The number of aromatic nitrogens is 2. The summed E-state index contributed by atoms with van der Waals surface area (Å²) < 4.78 is 5.46. The van der Waals surface area contributed by atoms with Gasteiger partial charge in [-0.25, -0.2) is 9.97 Å². The Bertz CT molecular complexity index is 739. The fraction of sp³-hybridized carbons (Fsp3) is 0.500. The van der Waals surface area contributed by atoms with E-state index < -0.39 is 0 Å². The summed E-state index contributed by atoms with van der Waals surface area (Å²) in [5.41, 5.74) is 1.35. The first kappa shape index (κ1) is 16.5. The van der Waals surface area contributed by atoms with E-state index >= 15 is 0 Å². The lowest BCUT2D eigenvalue weighted by Gasteiger charge is -2.27. The van der Waals surface area contributed by atoms with E-state index in [0.29, 0.717) is 17.3 Å². The lowest BCUT2D eigenvalue weighted by molar-refractivity contribution is 0.0721. The SMILES string of the molecule is COc1cc2nc(NC(C)C)ncc2cc1C(=O)N1CCCCC1. The number of amides is 1. The number of hydrogen-bond donors (Lipinski definition) is 1. The molecule has 1 aliphatic rings. The normalized spacial score (nSPS) is 14.9. The summed E-state index contributed by atoms with van der Waals surface area (Å²) in [4.78, 5) is 23.6. The maximum atomic E-state index is 12.8. The topological polar surface area (TPSA) is 67.3 Å². The Kier molecular flexibility index (Phi) is 4.83. The smallest absolute Gasteiger partial charge is 0.257 e. The van der Waals surface area contributed by atoms with E-state index in [0.717, 1.165) is 36.8 Å². The molecule has 0 unspecified atom stereocenters. The molecule has 0 aliphatic carbocycles. The third kappa shape index (κ3) is 3.42. The molecule has 6 heteroatoms.